The first-order valence-corrected chi connectivity index (χ1v) is 8.31. The van der Waals surface area contributed by atoms with Crippen molar-refractivity contribution in [3.8, 4) is 0 Å². The zero-order valence-corrected chi connectivity index (χ0v) is 14.4. The minimum atomic E-state index is 0.989. The van der Waals surface area contributed by atoms with Crippen LogP contribution >= 0.6 is 22.6 Å². The molecule has 0 amide bonds. The summed E-state index contributed by atoms with van der Waals surface area (Å²) in [6.07, 6.45) is 4.29. The number of anilines is 1. The molecule has 0 spiro atoms. The van der Waals surface area contributed by atoms with Gasteiger partial charge in [0.05, 0.1) is 0 Å². The summed E-state index contributed by atoms with van der Waals surface area (Å²) < 4.78 is 1.27. The number of nitrogens with one attached hydrogen (secondary N) is 1. The van der Waals surface area contributed by atoms with Gasteiger partial charge in [-0.2, -0.15) is 0 Å². The maximum absolute atomic E-state index is 3.47. The monoisotopic (exact) mass is 389 g/mol. The Balaban J connectivity index is 1.77. The molecule has 0 fully saturated rings. The van der Waals surface area contributed by atoms with Crippen LogP contribution in [0.4, 0.5) is 5.69 Å². The van der Waals surface area contributed by atoms with Gasteiger partial charge in [0.25, 0.3) is 0 Å². The second kappa shape index (κ2) is 8.71. The van der Waals surface area contributed by atoms with Gasteiger partial charge in [-0.25, -0.2) is 0 Å². The SMILES string of the molecule is CC(=C=CCCCNc1ccccc1I)c1ccccc1. The summed E-state index contributed by atoms with van der Waals surface area (Å²) >= 11 is 2.36. The van der Waals surface area contributed by atoms with Crippen molar-refractivity contribution < 1.29 is 0 Å². The van der Waals surface area contributed by atoms with Crippen molar-refractivity contribution in [2.45, 2.75) is 19.8 Å². The Bertz CT molecular complexity index is 625. The molecular weight excluding hydrogens is 369 g/mol. The van der Waals surface area contributed by atoms with Crippen molar-refractivity contribution >= 4 is 33.9 Å². The second-order valence-electron chi connectivity index (χ2n) is 4.89. The molecule has 108 valence electrons. The van der Waals surface area contributed by atoms with Crippen LogP contribution in [0.15, 0.2) is 66.4 Å². The van der Waals surface area contributed by atoms with E-state index in [9.17, 15) is 0 Å². The van der Waals surface area contributed by atoms with Crippen LogP contribution in [0.2, 0.25) is 0 Å². The third kappa shape index (κ3) is 5.41. The predicted octanol–water partition coefficient (Wildman–Crippen LogP) is 5.74. The average Bonchev–Trinajstić information content (AvgIpc) is 2.53. The van der Waals surface area contributed by atoms with Gasteiger partial charge in [-0.3, -0.25) is 0 Å². The number of rotatable bonds is 6. The summed E-state index contributed by atoms with van der Waals surface area (Å²) in [7, 11) is 0. The van der Waals surface area contributed by atoms with Gasteiger partial charge in [0.2, 0.25) is 0 Å². The third-order valence-electron chi connectivity index (χ3n) is 3.24. The number of hydrogen-bond acceptors (Lipinski definition) is 1. The van der Waals surface area contributed by atoms with Gasteiger partial charge in [0, 0.05) is 15.8 Å². The zero-order valence-electron chi connectivity index (χ0n) is 12.3. The molecule has 0 aliphatic rings. The largest absolute Gasteiger partial charge is 0.384 e. The molecular formula is C19H20IN. The van der Waals surface area contributed by atoms with Gasteiger partial charge in [0.15, 0.2) is 0 Å². The van der Waals surface area contributed by atoms with Gasteiger partial charge in [0.1, 0.15) is 0 Å². The van der Waals surface area contributed by atoms with E-state index in [1.807, 2.05) is 6.07 Å². The second-order valence-corrected chi connectivity index (χ2v) is 6.05. The highest BCUT2D eigenvalue weighted by Gasteiger charge is 1.95. The lowest BCUT2D eigenvalue weighted by molar-refractivity contribution is 0.889. The fraction of sp³-hybridized carbons (Fsp3) is 0.211. The highest BCUT2D eigenvalue weighted by atomic mass is 127. The van der Waals surface area contributed by atoms with Crippen LogP contribution in [0.25, 0.3) is 5.57 Å². The van der Waals surface area contributed by atoms with Crippen molar-refractivity contribution in [3.63, 3.8) is 0 Å². The smallest absolute Gasteiger partial charge is 0.0475 e. The number of unbranched alkanes of at least 4 members (excludes halogenated alkanes) is 1. The Hall–Kier alpha value is -1.51. The molecule has 2 heteroatoms. The first-order chi connectivity index (χ1) is 10.3. The molecule has 1 N–H and O–H groups in total. The quantitative estimate of drug-likeness (QED) is 0.377. The maximum Gasteiger partial charge on any atom is 0.0475 e. The Morgan fingerprint density at radius 3 is 2.57 bits per heavy atom. The van der Waals surface area contributed by atoms with Gasteiger partial charge in [-0.05, 0) is 71.7 Å². The van der Waals surface area contributed by atoms with E-state index in [1.165, 1.54) is 20.4 Å². The van der Waals surface area contributed by atoms with Crippen LogP contribution in [-0.2, 0) is 0 Å². The Labute approximate surface area is 140 Å². The first kappa shape index (κ1) is 15.9. The van der Waals surface area contributed by atoms with E-state index in [4.69, 9.17) is 0 Å². The molecule has 0 radical (unpaired) electrons. The molecule has 0 aliphatic carbocycles. The Morgan fingerprint density at radius 2 is 1.81 bits per heavy atom. The molecule has 1 nitrogen and oxygen atoms in total. The molecule has 0 saturated carbocycles. The number of para-hydroxylation sites is 1. The summed E-state index contributed by atoms with van der Waals surface area (Å²) in [6.45, 7) is 3.10. The van der Waals surface area contributed by atoms with E-state index in [1.54, 1.807) is 0 Å². The number of halogens is 1. The lowest BCUT2D eigenvalue weighted by atomic mass is 10.1. The van der Waals surface area contributed by atoms with Crippen LogP contribution in [-0.4, -0.2) is 6.54 Å². The predicted molar refractivity (Wildman–Crippen MR) is 100 cm³/mol. The normalized spacial score (nSPS) is 9.81. The summed E-state index contributed by atoms with van der Waals surface area (Å²) in [4.78, 5) is 0. The topological polar surface area (TPSA) is 12.0 Å². The van der Waals surface area contributed by atoms with Crippen LogP contribution < -0.4 is 5.32 Å². The summed E-state index contributed by atoms with van der Waals surface area (Å²) in [5.41, 5.74) is 7.03. The molecule has 0 saturated heterocycles. The van der Waals surface area contributed by atoms with Crippen molar-refractivity contribution in [1.29, 1.82) is 0 Å². The summed E-state index contributed by atoms with van der Waals surface area (Å²) in [5.74, 6) is 0. The highest BCUT2D eigenvalue weighted by molar-refractivity contribution is 14.1. The van der Waals surface area contributed by atoms with Crippen LogP contribution in [0, 0.1) is 3.57 Å². The number of hydrogen-bond donors (Lipinski definition) is 1. The van der Waals surface area contributed by atoms with Gasteiger partial charge >= 0.3 is 0 Å². The van der Waals surface area contributed by atoms with Gasteiger partial charge in [-0.15, -0.1) is 5.73 Å². The van der Waals surface area contributed by atoms with Gasteiger partial charge < -0.3 is 5.32 Å². The molecule has 21 heavy (non-hydrogen) atoms. The van der Waals surface area contributed by atoms with E-state index >= 15 is 0 Å². The molecule has 0 unspecified atom stereocenters. The van der Waals surface area contributed by atoms with E-state index < -0.39 is 0 Å². The number of benzene rings is 2. The zero-order chi connectivity index (χ0) is 14.9. The average molecular weight is 389 g/mol. The fourth-order valence-electron chi connectivity index (χ4n) is 2.03. The molecule has 0 aromatic heterocycles. The van der Waals surface area contributed by atoms with Crippen LogP contribution in [0.5, 0.6) is 0 Å². The minimum absolute atomic E-state index is 0.989. The van der Waals surface area contributed by atoms with E-state index in [-0.39, 0.29) is 0 Å². The molecule has 0 atom stereocenters. The summed E-state index contributed by atoms with van der Waals surface area (Å²) in [6, 6.07) is 18.8. The van der Waals surface area contributed by atoms with Crippen molar-refractivity contribution in [2.24, 2.45) is 0 Å². The third-order valence-corrected chi connectivity index (χ3v) is 4.18. The highest BCUT2D eigenvalue weighted by Crippen LogP contribution is 2.16. The molecule has 0 aliphatic heterocycles. The fourth-order valence-corrected chi connectivity index (χ4v) is 2.61. The number of allylic oxidation sites excluding steroid dienone is 1. The summed E-state index contributed by atoms with van der Waals surface area (Å²) in [5, 5.41) is 3.47. The van der Waals surface area contributed by atoms with Crippen molar-refractivity contribution in [1.82, 2.24) is 0 Å². The van der Waals surface area contributed by atoms with Gasteiger partial charge in [-0.1, -0.05) is 42.5 Å². The molecule has 2 rings (SSSR count). The molecule has 0 bridgehead atoms. The molecule has 0 heterocycles. The van der Waals surface area contributed by atoms with Crippen LogP contribution in [0.1, 0.15) is 25.3 Å². The Kier molecular flexibility index (Phi) is 6.58. The van der Waals surface area contributed by atoms with E-state index in [0.29, 0.717) is 0 Å². The lowest BCUT2D eigenvalue weighted by Crippen LogP contribution is -2.02. The van der Waals surface area contributed by atoms with Crippen molar-refractivity contribution in [2.75, 3.05) is 11.9 Å². The Morgan fingerprint density at radius 1 is 1.10 bits per heavy atom. The first-order valence-electron chi connectivity index (χ1n) is 7.23. The molecule has 2 aromatic carbocycles. The van der Waals surface area contributed by atoms with Crippen LogP contribution in [0.3, 0.4) is 0 Å². The minimum Gasteiger partial charge on any atom is -0.384 e. The lowest BCUT2D eigenvalue weighted by Gasteiger charge is -2.06. The standard InChI is InChI=1S/C19H20IN/c1-16(17-11-5-2-6-12-17)10-4-3-9-15-21-19-14-8-7-13-18(19)20/h2,4-8,11-14,21H,3,9,15H2,1H3. The maximum atomic E-state index is 3.47. The molecule has 2 aromatic rings. The van der Waals surface area contributed by atoms with Crippen molar-refractivity contribution in [3.05, 3.63) is 75.5 Å². The van der Waals surface area contributed by atoms with E-state index in [0.717, 1.165) is 19.4 Å². The van der Waals surface area contributed by atoms with E-state index in [2.05, 4.69) is 95.2 Å².